The number of carbonyl (C=O) groups is 1. The third kappa shape index (κ3) is 68.3. The predicted octanol–water partition coefficient (Wildman–Crippen LogP) is 23.2. The average Bonchev–Trinajstić information content (AvgIpc) is 3.49. The topological polar surface area (TPSA) is 108 Å². The Morgan fingerprint density at radius 1 is 0.410 bits per heavy atom. The first-order valence-corrected chi connectivity index (χ1v) is 38.7. The summed E-state index contributed by atoms with van der Waals surface area (Å²) in [6.45, 7) is 4.70. The quantitative estimate of drug-likeness (QED) is 0.0272. The SMILES string of the molecule is CCCCCCCCCCCCCCCCCCCCCCCCC/C=C/CC/C=C/C(O)C(COP(=O)([O-])OCC[N+](C)(C)C)NC(=O)CCCCCCCCCCCCCCCCCCCCCCCCCCCCCCCCCC. The minimum atomic E-state index is -4.61. The molecule has 0 saturated heterocycles. The molecule has 3 unspecified atom stereocenters. The van der Waals surface area contributed by atoms with Crippen LogP contribution >= 0.6 is 7.82 Å². The molecule has 0 heterocycles. The molecule has 0 aromatic heterocycles. The van der Waals surface area contributed by atoms with Crippen LogP contribution in [0.4, 0.5) is 0 Å². The van der Waals surface area contributed by atoms with Crippen LogP contribution in [0.15, 0.2) is 24.3 Å². The minimum Gasteiger partial charge on any atom is -0.756 e. The number of phosphoric acid groups is 1. The van der Waals surface area contributed by atoms with Crippen molar-refractivity contribution in [1.29, 1.82) is 0 Å². The lowest BCUT2D eigenvalue weighted by atomic mass is 10.0. The van der Waals surface area contributed by atoms with Gasteiger partial charge in [-0.15, -0.1) is 0 Å². The number of hydrogen-bond donors (Lipinski definition) is 2. The molecule has 0 aliphatic rings. The number of carbonyl (C=O) groups excluding carboxylic acids is 1. The van der Waals surface area contributed by atoms with E-state index >= 15 is 0 Å². The van der Waals surface area contributed by atoms with E-state index in [-0.39, 0.29) is 19.1 Å². The highest BCUT2D eigenvalue weighted by Gasteiger charge is 2.23. The van der Waals surface area contributed by atoms with Crippen molar-refractivity contribution in [2.75, 3.05) is 40.9 Å². The van der Waals surface area contributed by atoms with Gasteiger partial charge in [0.25, 0.3) is 7.82 Å². The lowest BCUT2D eigenvalue weighted by molar-refractivity contribution is -0.870. The van der Waals surface area contributed by atoms with Gasteiger partial charge >= 0.3 is 0 Å². The number of likely N-dealkylation sites (N-methyl/N-ethyl adjacent to an activating group) is 1. The second kappa shape index (κ2) is 65.4. The van der Waals surface area contributed by atoms with Gasteiger partial charge in [-0.05, 0) is 32.1 Å². The van der Waals surface area contributed by atoms with Crippen LogP contribution in [0, 0.1) is 0 Å². The van der Waals surface area contributed by atoms with Gasteiger partial charge in [-0.1, -0.05) is 378 Å². The van der Waals surface area contributed by atoms with Crippen molar-refractivity contribution in [2.45, 2.75) is 405 Å². The lowest BCUT2D eigenvalue weighted by Gasteiger charge is -2.29. The van der Waals surface area contributed by atoms with Gasteiger partial charge in [0, 0.05) is 6.42 Å². The van der Waals surface area contributed by atoms with Crippen molar-refractivity contribution in [2.24, 2.45) is 0 Å². The standard InChI is InChI=1S/C74H147N2O6P/c1-6-8-10-12-14-16-18-20-22-24-26-28-30-32-34-36-37-38-40-42-44-46-48-50-52-54-56-58-60-62-64-66-68-74(78)75-72(71-82-83(79,80)81-70-69-76(3,4)5)73(77)67-65-63-61-59-57-55-53-51-49-47-45-43-41-39-35-33-31-29-27-25-23-21-19-17-15-13-11-9-7-2/h57,59,65,67,72-73,77H,6-56,58,60-64,66,68-71H2,1-5H3,(H-,75,78,79,80)/b59-57+,67-65+. The molecule has 0 rings (SSSR count). The molecule has 494 valence electrons. The molecule has 0 radical (unpaired) electrons. The normalized spacial score (nSPS) is 13.7. The van der Waals surface area contributed by atoms with E-state index in [0.717, 1.165) is 38.5 Å². The fourth-order valence-electron chi connectivity index (χ4n) is 11.6. The van der Waals surface area contributed by atoms with Crippen molar-refractivity contribution in [3.63, 3.8) is 0 Å². The molecular formula is C74H147N2O6P. The monoisotopic (exact) mass is 1190 g/mol. The summed E-state index contributed by atoms with van der Waals surface area (Å²) in [6.07, 6.45) is 86.2. The molecule has 0 spiro atoms. The van der Waals surface area contributed by atoms with Crippen molar-refractivity contribution < 1.29 is 32.9 Å². The van der Waals surface area contributed by atoms with Crippen LogP contribution in [-0.4, -0.2) is 68.5 Å². The van der Waals surface area contributed by atoms with Crippen molar-refractivity contribution in [3.8, 4) is 0 Å². The number of quaternary nitrogens is 1. The Hall–Kier alpha value is -1.02. The number of aliphatic hydroxyl groups is 1. The summed E-state index contributed by atoms with van der Waals surface area (Å²) in [5, 5.41) is 14.0. The molecule has 0 fully saturated rings. The Labute approximate surface area is 519 Å². The van der Waals surface area contributed by atoms with E-state index in [1.165, 1.54) is 334 Å². The first-order chi connectivity index (χ1) is 40.5. The number of hydrogen-bond acceptors (Lipinski definition) is 6. The van der Waals surface area contributed by atoms with E-state index in [1.807, 2.05) is 27.2 Å². The molecule has 2 N–H and O–H groups in total. The van der Waals surface area contributed by atoms with E-state index < -0.39 is 20.0 Å². The Morgan fingerprint density at radius 3 is 0.976 bits per heavy atom. The zero-order valence-electron chi connectivity index (χ0n) is 56.7. The highest BCUT2D eigenvalue weighted by Crippen LogP contribution is 2.38. The molecule has 0 saturated carbocycles. The third-order valence-electron chi connectivity index (χ3n) is 17.4. The number of rotatable bonds is 70. The zero-order chi connectivity index (χ0) is 60.5. The number of nitrogens with zero attached hydrogens (tertiary/aromatic N) is 1. The van der Waals surface area contributed by atoms with Gasteiger partial charge in [-0.3, -0.25) is 9.36 Å². The van der Waals surface area contributed by atoms with Crippen LogP contribution in [-0.2, 0) is 18.4 Å². The van der Waals surface area contributed by atoms with Crippen LogP contribution in [0.3, 0.4) is 0 Å². The average molecular weight is 1190 g/mol. The highest BCUT2D eigenvalue weighted by atomic mass is 31.2. The first kappa shape index (κ1) is 82.0. The summed E-state index contributed by atoms with van der Waals surface area (Å²) >= 11 is 0. The number of phosphoric ester groups is 1. The van der Waals surface area contributed by atoms with Crippen molar-refractivity contribution in [3.05, 3.63) is 24.3 Å². The minimum absolute atomic E-state index is 0.00333. The van der Waals surface area contributed by atoms with Gasteiger partial charge < -0.3 is 28.8 Å². The largest absolute Gasteiger partial charge is 0.756 e. The molecule has 8 nitrogen and oxygen atoms in total. The molecule has 9 heteroatoms. The Bertz CT molecular complexity index is 1400. The molecule has 1 amide bonds. The third-order valence-corrected chi connectivity index (χ3v) is 18.4. The summed E-state index contributed by atoms with van der Waals surface area (Å²) in [6, 6.07) is -0.902. The number of unbranched alkanes of at least 4 members (excludes halogenated alkanes) is 55. The van der Waals surface area contributed by atoms with Crippen LogP contribution in [0.2, 0.25) is 0 Å². The summed E-state index contributed by atoms with van der Waals surface area (Å²) in [4.78, 5) is 25.6. The van der Waals surface area contributed by atoms with E-state index in [0.29, 0.717) is 17.4 Å². The maximum absolute atomic E-state index is 13.0. The number of aliphatic hydroxyl groups excluding tert-OH is 1. The van der Waals surface area contributed by atoms with Gasteiger partial charge in [-0.2, -0.15) is 0 Å². The van der Waals surface area contributed by atoms with Crippen LogP contribution in [0.5, 0.6) is 0 Å². The maximum atomic E-state index is 13.0. The summed E-state index contributed by atoms with van der Waals surface area (Å²) in [5.41, 5.74) is 0. The second-order valence-electron chi connectivity index (χ2n) is 27.0. The molecule has 3 atom stereocenters. The Morgan fingerprint density at radius 2 is 0.675 bits per heavy atom. The molecule has 0 aliphatic carbocycles. The van der Waals surface area contributed by atoms with Gasteiger partial charge in [0.1, 0.15) is 13.2 Å². The molecule has 0 bridgehead atoms. The van der Waals surface area contributed by atoms with Crippen LogP contribution in [0.25, 0.3) is 0 Å². The van der Waals surface area contributed by atoms with Crippen LogP contribution < -0.4 is 10.2 Å². The van der Waals surface area contributed by atoms with Gasteiger partial charge in [0.05, 0.1) is 39.9 Å². The highest BCUT2D eigenvalue weighted by molar-refractivity contribution is 7.45. The smallest absolute Gasteiger partial charge is 0.268 e. The lowest BCUT2D eigenvalue weighted by Crippen LogP contribution is -2.45. The Kier molecular flexibility index (Phi) is 64.6. The molecular weight excluding hydrogens is 1040 g/mol. The number of amides is 1. The summed E-state index contributed by atoms with van der Waals surface area (Å²) in [7, 11) is 1.27. The summed E-state index contributed by atoms with van der Waals surface area (Å²) < 4.78 is 23.5. The predicted molar refractivity (Wildman–Crippen MR) is 362 cm³/mol. The zero-order valence-corrected chi connectivity index (χ0v) is 57.6. The van der Waals surface area contributed by atoms with E-state index in [1.54, 1.807) is 6.08 Å². The second-order valence-corrected chi connectivity index (χ2v) is 28.4. The fraction of sp³-hybridized carbons (Fsp3) is 0.932. The molecule has 83 heavy (non-hydrogen) atoms. The fourth-order valence-corrected chi connectivity index (χ4v) is 12.4. The molecule has 0 aliphatic heterocycles. The van der Waals surface area contributed by atoms with E-state index in [9.17, 15) is 19.4 Å². The number of nitrogens with one attached hydrogen (secondary N) is 1. The van der Waals surface area contributed by atoms with Gasteiger partial charge in [0.2, 0.25) is 5.91 Å². The van der Waals surface area contributed by atoms with Crippen LogP contribution in [0.1, 0.15) is 393 Å². The van der Waals surface area contributed by atoms with Crippen molar-refractivity contribution in [1.82, 2.24) is 5.32 Å². The van der Waals surface area contributed by atoms with Gasteiger partial charge in [-0.25, -0.2) is 0 Å². The summed E-state index contributed by atoms with van der Waals surface area (Å²) in [5.74, 6) is -0.197. The maximum Gasteiger partial charge on any atom is 0.268 e. The molecule has 0 aromatic rings. The number of allylic oxidation sites excluding steroid dienone is 3. The first-order valence-electron chi connectivity index (χ1n) is 37.2. The Balaban J connectivity index is 4.02. The van der Waals surface area contributed by atoms with E-state index in [2.05, 4.69) is 31.3 Å². The van der Waals surface area contributed by atoms with E-state index in [4.69, 9.17) is 9.05 Å². The molecule has 0 aromatic carbocycles. The van der Waals surface area contributed by atoms with Crippen molar-refractivity contribution >= 4 is 13.7 Å². The van der Waals surface area contributed by atoms with Gasteiger partial charge in [0.15, 0.2) is 0 Å².